The molecule has 0 heterocycles. The van der Waals surface area contributed by atoms with Crippen molar-refractivity contribution in [1.82, 2.24) is 0 Å². The maximum Gasteiger partial charge on any atom is 0.0725 e. The SMILES string of the molecule is COCC(CO)Nc1cc(C)cc(N)c1. The van der Waals surface area contributed by atoms with Gasteiger partial charge in [0, 0.05) is 18.5 Å². The van der Waals surface area contributed by atoms with Crippen LogP contribution in [0.3, 0.4) is 0 Å². The number of rotatable bonds is 5. The molecule has 0 radical (unpaired) electrons. The zero-order valence-electron chi connectivity index (χ0n) is 9.16. The van der Waals surface area contributed by atoms with Crippen LogP contribution in [0, 0.1) is 6.92 Å². The Morgan fingerprint density at radius 1 is 1.47 bits per heavy atom. The van der Waals surface area contributed by atoms with Crippen molar-refractivity contribution in [1.29, 1.82) is 0 Å². The Morgan fingerprint density at radius 2 is 2.20 bits per heavy atom. The normalized spacial score (nSPS) is 12.5. The van der Waals surface area contributed by atoms with Gasteiger partial charge in [0.1, 0.15) is 0 Å². The van der Waals surface area contributed by atoms with Crippen molar-refractivity contribution in [3.63, 3.8) is 0 Å². The lowest BCUT2D eigenvalue weighted by Gasteiger charge is -2.17. The van der Waals surface area contributed by atoms with E-state index in [1.54, 1.807) is 7.11 Å². The number of hydrogen-bond donors (Lipinski definition) is 3. The molecule has 4 N–H and O–H groups in total. The van der Waals surface area contributed by atoms with Gasteiger partial charge in [-0.1, -0.05) is 0 Å². The van der Waals surface area contributed by atoms with E-state index in [0.717, 1.165) is 11.3 Å². The van der Waals surface area contributed by atoms with Gasteiger partial charge in [0.05, 0.1) is 19.3 Å². The van der Waals surface area contributed by atoms with E-state index >= 15 is 0 Å². The number of hydrogen-bond acceptors (Lipinski definition) is 4. The Morgan fingerprint density at radius 3 is 2.73 bits per heavy atom. The molecule has 0 aliphatic heterocycles. The van der Waals surface area contributed by atoms with E-state index in [4.69, 9.17) is 15.6 Å². The predicted octanol–water partition coefficient (Wildman–Crippen LogP) is 0.996. The number of benzene rings is 1. The number of methoxy groups -OCH3 is 1. The second-order valence-electron chi connectivity index (χ2n) is 3.61. The molecule has 15 heavy (non-hydrogen) atoms. The summed E-state index contributed by atoms with van der Waals surface area (Å²) in [6.07, 6.45) is 0. The van der Waals surface area contributed by atoms with Crippen LogP contribution in [-0.2, 0) is 4.74 Å². The van der Waals surface area contributed by atoms with E-state index in [0.29, 0.717) is 12.3 Å². The van der Waals surface area contributed by atoms with Gasteiger partial charge < -0.3 is 20.9 Å². The minimum Gasteiger partial charge on any atom is -0.399 e. The molecule has 1 aromatic carbocycles. The zero-order valence-corrected chi connectivity index (χ0v) is 9.16. The minimum atomic E-state index is -0.101. The number of anilines is 2. The maximum absolute atomic E-state index is 9.08. The number of aliphatic hydroxyl groups is 1. The fraction of sp³-hybridized carbons (Fsp3) is 0.455. The van der Waals surface area contributed by atoms with Crippen LogP contribution >= 0.6 is 0 Å². The molecule has 4 nitrogen and oxygen atoms in total. The number of nitrogen functional groups attached to an aromatic ring is 1. The molecule has 0 fully saturated rings. The summed E-state index contributed by atoms with van der Waals surface area (Å²) in [5.41, 5.74) is 8.43. The zero-order chi connectivity index (χ0) is 11.3. The lowest BCUT2D eigenvalue weighted by atomic mass is 10.2. The molecule has 1 rings (SSSR count). The summed E-state index contributed by atoms with van der Waals surface area (Å²) in [5.74, 6) is 0. The summed E-state index contributed by atoms with van der Waals surface area (Å²) in [6, 6.07) is 5.62. The Hall–Kier alpha value is -1.26. The molecule has 1 aromatic rings. The first-order valence-electron chi connectivity index (χ1n) is 4.89. The van der Waals surface area contributed by atoms with Crippen LogP contribution in [0.4, 0.5) is 11.4 Å². The molecule has 0 bridgehead atoms. The average Bonchev–Trinajstić information content (AvgIpc) is 2.15. The highest BCUT2D eigenvalue weighted by Crippen LogP contribution is 2.16. The topological polar surface area (TPSA) is 67.5 Å². The number of aliphatic hydroxyl groups excluding tert-OH is 1. The number of aryl methyl sites for hydroxylation is 1. The second kappa shape index (κ2) is 5.58. The molecule has 84 valence electrons. The van der Waals surface area contributed by atoms with E-state index in [9.17, 15) is 0 Å². The van der Waals surface area contributed by atoms with Crippen LogP contribution in [0.1, 0.15) is 5.56 Å². The van der Waals surface area contributed by atoms with Crippen LogP contribution in [0.15, 0.2) is 18.2 Å². The Balaban J connectivity index is 2.69. The van der Waals surface area contributed by atoms with Gasteiger partial charge in [-0.05, 0) is 30.7 Å². The van der Waals surface area contributed by atoms with Gasteiger partial charge in [0.15, 0.2) is 0 Å². The van der Waals surface area contributed by atoms with Crippen LogP contribution in [0.5, 0.6) is 0 Å². The van der Waals surface area contributed by atoms with Crippen molar-refractivity contribution < 1.29 is 9.84 Å². The average molecular weight is 210 g/mol. The second-order valence-corrected chi connectivity index (χ2v) is 3.61. The molecule has 0 spiro atoms. The summed E-state index contributed by atoms with van der Waals surface area (Å²) in [7, 11) is 1.61. The first-order chi connectivity index (χ1) is 7.15. The van der Waals surface area contributed by atoms with Crippen LogP contribution in [0.25, 0.3) is 0 Å². The molecular formula is C11H18N2O2. The Labute approximate surface area is 90.1 Å². The lowest BCUT2D eigenvalue weighted by Crippen LogP contribution is -2.28. The van der Waals surface area contributed by atoms with Gasteiger partial charge in [-0.25, -0.2) is 0 Å². The monoisotopic (exact) mass is 210 g/mol. The summed E-state index contributed by atoms with van der Waals surface area (Å²) >= 11 is 0. The molecule has 0 saturated carbocycles. The van der Waals surface area contributed by atoms with Crippen molar-refractivity contribution in [3.8, 4) is 0 Å². The molecule has 1 unspecified atom stereocenters. The lowest BCUT2D eigenvalue weighted by molar-refractivity contribution is 0.153. The van der Waals surface area contributed by atoms with Crippen LogP contribution in [-0.4, -0.2) is 31.5 Å². The summed E-state index contributed by atoms with van der Waals surface area (Å²) in [6.45, 7) is 2.47. The molecular weight excluding hydrogens is 192 g/mol. The third kappa shape index (κ3) is 3.77. The summed E-state index contributed by atoms with van der Waals surface area (Å²) < 4.78 is 4.97. The first-order valence-corrected chi connectivity index (χ1v) is 4.89. The largest absolute Gasteiger partial charge is 0.399 e. The highest BCUT2D eigenvalue weighted by atomic mass is 16.5. The highest BCUT2D eigenvalue weighted by Gasteiger charge is 2.06. The van der Waals surface area contributed by atoms with Gasteiger partial charge in [0.25, 0.3) is 0 Å². The maximum atomic E-state index is 9.08. The number of nitrogens with two attached hydrogens (primary N) is 1. The van der Waals surface area contributed by atoms with Crippen molar-refractivity contribution in [2.45, 2.75) is 13.0 Å². The Bertz CT molecular complexity index is 295. The van der Waals surface area contributed by atoms with Crippen molar-refractivity contribution in [3.05, 3.63) is 23.8 Å². The molecule has 0 aromatic heterocycles. The van der Waals surface area contributed by atoms with Gasteiger partial charge in [-0.3, -0.25) is 0 Å². The van der Waals surface area contributed by atoms with E-state index in [-0.39, 0.29) is 12.6 Å². The van der Waals surface area contributed by atoms with Gasteiger partial charge >= 0.3 is 0 Å². The summed E-state index contributed by atoms with van der Waals surface area (Å²) in [5, 5.41) is 12.2. The third-order valence-corrected chi connectivity index (χ3v) is 2.06. The van der Waals surface area contributed by atoms with E-state index in [2.05, 4.69) is 5.32 Å². The quantitative estimate of drug-likeness (QED) is 0.634. The van der Waals surface area contributed by atoms with Crippen LogP contribution in [0.2, 0.25) is 0 Å². The van der Waals surface area contributed by atoms with Crippen LogP contribution < -0.4 is 11.1 Å². The van der Waals surface area contributed by atoms with E-state index < -0.39 is 0 Å². The van der Waals surface area contributed by atoms with Gasteiger partial charge in [-0.2, -0.15) is 0 Å². The van der Waals surface area contributed by atoms with Crippen molar-refractivity contribution in [2.75, 3.05) is 31.4 Å². The smallest absolute Gasteiger partial charge is 0.0725 e. The predicted molar refractivity (Wildman–Crippen MR) is 62.0 cm³/mol. The number of ether oxygens (including phenoxy) is 1. The highest BCUT2D eigenvalue weighted by molar-refractivity contribution is 5.57. The Kier molecular flexibility index (Phi) is 4.39. The standard InChI is InChI=1S/C11H18N2O2/c1-8-3-9(12)5-10(4-8)13-11(6-14)7-15-2/h3-5,11,13-14H,6-7,12H2,1-2H3. The number of nitrogens with one attached hydrogen (secondary N) is 1. The molecule has 4 heteroatoms. The van der Waals surface area contributed by atoms with E-state index in [1.165, 1.54) is 0 Å². The van der Waals surface area contributed by atoms with Gasteiger partial charge in [0.2, 0.25) is 0 Å². The third-order valence-electron chi connectivity index (χ3n) is 2.06. The van der Waals surface area contributed by atoms with Gasteiger partial charge in [-0.15, -0.1) is 0 Å². The molecule has 0 aliphatic rings. The van der Waals surface area contributed by atoms with E-state index in [1.807, 2.05) is 25.1 Å². The fourth-order valence-electron chi connectivity index (χ4n) is 1.47. The molecule has 1 atom stereocenters. The fourth-order valence-corrected chi connectivity index (χ4v) is 1.47. The molecule has 0 amide bonds. The molecule has 0 saturated heterocycles. The molecule has 0 aliphatic carbocycles. The summed E-state index contributed by atoms with van der Waals surface area (Å²) in [4.78, 5) is 0. The minimum absolute atomic E-state index is 0.0295. The van der Waals surface area contributed by atoms with Crippen molar-refractivity contribution >= 4 is 11.4 Å². The van der Waals surface area contributed by atoms with Crippen molar-refractivity contribution in [2.24, 2.45) is 0 Å². The first kappa shape index (κ1) is 11.8.